The first-order chi connectivity index (χ1) is 13.0. The van der Waals surface area contributed by atoms with Crippen LogP contribution in [0.15, 0.2) is 53.4 Å². The average molecular weight is 387 g/mol. The van der Waals surface area contributed by atoms with Gasteiger partial charge in [0.15, 0.2) is 0 Å². The van der Waals surface area contributed by atoms with E-state index in [-0.39, 0.29) is 11.2 Å². The maximum Gasteiger partial charge on any atom is 0.257 e. The molecule has 144 valence electrons. The number of thioether (sulfide) groups is 1. The number of likely N-dealkylation sites (N-methyl/N-ethyl adjacent to an activating group) is 1. The molecule has 1 aliphatic rings. The van der Waals surface area contributed by atoms with E-state index in [0.717, 1.165) is 28.4 Å². The molecule has 0 saturated heterocycles. The summed E-state index contributed by atoms with van der Waals surface area (Å²) in [6, 6.07) is 15.5. The van der Waals surface area contributed by atoms with Crippen LogP contribution in [0.25, 0.3) is 0 Å². The predicted molar refractivity (Wildman–Crippen MR) is 110 cm³/mol. The highest BCUT2D eigenvalue weighted by molar-refractivity contribution is 7.99. The molecule has 2 atom stereocenters. The molecule has 0 aliphatic carbocycles. The van der Waals surface area contributed by atoms with Gasteiger partial charge in [-0.15, -0.1) is 11.8 Å². The Kier molecular flexibility index (Phi) is 6.42. The van der Waals surface area contributed by atoms with Crippen LogP contribution in [0.2, 0.25) is 0 Å². The largest absolute Gasteiger partial charge is 0.494 e. The van der Waals surface area contributed by atoms with E-state index in [1.807, 2.05) is 74.4 Å². The van der Waals surface area contributed by atoms with Crippen LogP contribution in [0, 0.1) is 0 Å². The molecule has 6 heteroatoms. The van der Waals surface area contributed by atoms with Gasteiger partial charge in [-0.2, -0.15) is 0 Å². The monoisotopic (exact) mass is 386 g/mol. The lowest BCUT2D eigenvalue weighted by Crippen LogP contribution is -2.43. The standard InChI is InChI=1S/C21H26N2O3S/c1-4-26-16-11-9-15(10-12-16)20-19(24)21(25)23(14-13-22(2)3)17-7-5-6-8-18(17)27-20/h5-12,19-20,24H,4,13-14H2,1-3H3/t19-,20+/m1/s1. The maximum absolute atomic E-state index is 13.1. The summed E-state index contributed by atoms with van der Waals surface area (Å²) in [5.41, 5.74) is 1.77. The fraction of sp³-hybridized carbons (Fsp3) is 0.381. The van der Waals surface area contributed by atoms with Gasteiger partial charge in [0.2, 0.25) is 0 Å². The molecular weight excluding hydrogens is 360 g/mol. The highest BCUT2D eigenvalue weighted by atomic mass is 32.2. The fourth-order valence-corrected chi connectivity index (χ4v) is 4.36. The lowest BCUT2D eigenvalue weighted by Gasteiger charge is -2.26. The molecule has 2 aromatic carbocycles. The average Bonchev–Trinajstić information content (AvgIpc) is 2.77. The molecule has 1 aliphatic heterocycles. The minimum atomic E-state index is -1.11. The van der Waals surface area contributed by atoms with Crippen molar-refractivity contribution in [3.8, 4) is 5.75 Å². The van der Waals surface area contributed by atoms with E-state index in [4.69, 9.17) is 4.74 Å². The zero-order valence-electron chi connectivity index (χ0n) is 16.0. The summed E-state index contributed by atoms with van der Waals surface area (Å²) in [5, 5.41) is 10.5. The van der Waals surface area contributed by atoms with Crippen LogP contribution in [0.1, 0.15) is 17.7 Å². The van der Waals surface area contributed by atoms with E-state index >= 15 is 0 Å². The first-order valence-electron chi connectivity index (χ1n) is 9.14. The lowest BCUT2D eigenvalue weighted by atomic mass is 10.1. The number of fused-ring (bicyclic) bond motifs is 1. The molecule has 1 N–H and O–H groups in total. The molecule has 0 unspecified atom stereocenters. The SMILES string of the molecule is CCOc1ccc([C@@H]2Sc3ccccc3N(CCN(C)C)C(=O)[C@@H]2O)cc1. The Morgan fingerprint density at radius 2 is 1.85 bits per heavy atom. The number of carbonyl (C=O) groups excluding carboxylic acids is 1. The molecule has 0 spiro atoms. The molecule has 2 aromatic rings. The van der Waals surface area contributed by atoms with Crippen LogP contribution < -0.4 is 9.64 Å². The molecule has 1 heterocycles. The van der Waals surface area contributed by atoms with Gasteiger partial charge in [0, 0.05) is 18.0 Å². The summed E-state index contributed by atoms with van der Waals surface area (Å²) < 4.78 is 5.50. The smallest absolute Gasteiger partial charge is 0.257 e. The van der Waals surface area contributed by atoms with Crippen molar-refractivity contribution >= 4 is 23.4 Å². The number of hydrogen-bond acceptors (Lipinski definition) is 5. The van der Waals surface area contributed by atoms with Crippen molar-refractivity contribution in [2.75, 3.05) is 38.7 Å². The van der Waals surface area contributed by atoms with E-state index in [0.29, 0.717) is 13.2 Å². The quantitative estimate of drug-likeness (QED) is 0.826. The van der Waals surface area contributed by atoms with Gasteiger partial charge in [0.05, 0.1) is 17.5 Å². The zero-order valence-corrected chi connectivity index (χ0v) is 16.8. The van der Waals surface area contributed by atoms with Gasteiger partial charge in [0.25, 0.3) is 5.91 Å². The number of amides is 1. The third kappa shape index (κ3) is 4.46. The summed E-state index contributed by atoms with van der Waals surface area (Å²) in [7, 11) is 3.95. The first kappa shape index (κ1) is 19.7. The van der Waals surface area contributed by atoms with Crippen molar-refractivity contribution in [3.63, 3.8) is 0 Å². The number of ether oxygens (including phenoxy) is 1. The van der Waals surface area contributed by atoms with Crippen LogP contribution in [0.5, 0.6) is 5.75 Å². The van der Waals surface area contributed by atoms with Gasteiger partial charge in [0.1, 0.15) is 11.9 Å². The number of aliphatic hydroxyl groups is 1. The minimum absolute atomic E-state index is 0.256. The van der Waals surface area contributed by atoms with Crippen LogP contribution >= 0.6 is 11.8 Å². The summed E-state index contributed by atoms with van der Waals surface area (Å²) in [5.74, 6) is 0.530. The lowest BCUT2D eigenvalue weighted by molar-refractivity contribution is -0.126. The third-order valence-corrected chi connectivity index (χ3v) is 5.89. The Morgan fingerprint density at radius 1 is 1.15 bits per heavy atom. The van der Waals surface area contributed by atoms with Gasteiger partial charge in [-0.25, -0.2) is 0 Å². The second-order valence-electron chi connectivity index (χ2n) is 6.75. The minimum Gasteiger partial charge on any atom is -0.494 e. The van der Waals surface area contributed by atoms with E-state index < -0.39 is 6.10 Å². The number of benzene rings is 2. The van der Waals surface area contributed by atoms with Crippen molar-refractivity contribution in [2.24, 2.45) is 0 Å². The maximum atomic E-state index is 13.1. The number of carbonyl (C=O) groups is 1. The van der Waals surface area contributed by atoms with E-state index in [1.165, 1.54) is 11.8 Å². The van der Waals surface area contributed by atoms with Crippen LogP contribution in [0.3, 0.4) is 0 Å². The Balaban J connectivity index is 1.94. The summed E-state index contributed by atoms with van der Waals surface area (Å²) in [4.78, 5) is 17.8. The Labute approximate surface area is 164 Å². The number of para-hydroxylation sites is 1. The van der Waals surface area contributed by atoms with E-state index in [1.54, 1.807) is 4.90 Å². The van der Waals surface area contributed by atoms with E-state index in [2.05, 4.69) is 0 Å². The molecular formula is C21H26N2O3S. The first-order valence-corrected chi connectivity index (χ1v) is 10.0. The Bertz CT molecular complexity index is 779. The molecule has 0 radical (unpaired) electrons. The predicted octanol–water partition coefficient (Wildman–Crippen LogP) is 3.19. The van der Waals surface area contributed by atoms with Crippen molar-refractivity contribution in [3.05, 3.63) is 54.1 Å². The van der Waals surface area contributed by atoms with Gasteiger partial charge in [-0.3, -0.25) is 4.79 Å². The molecule has 0 bridgehead atoms. The molecule has 0 saturated carbocycles. The molecule has 27 heavy (non-hydrogen) atoms. The summed E-state index contributed by atoms with van der Waals surface area (Å²) >= 11 is 1.53. The van der Waals surface area contributed by atoms with Gasteiger partial charge in [-0.05, 0) is 50.8 Å². The highest BCUT2D eigenvalue weighted by Crippen LogP contribution is 2.45. The third-order valence-electron chi connectivity index (χ3n) is 4.51. The molecule has 1 amide bonds. The number of hydrogen-bond donors (Lipinski definition) is 1. The second kappa shape index (κ2) is 8.78. The van der Waals surface area contributed by atoms with Crippen molar-refractivity contribution in [1.82, 2.24) is 4.90 Å². The molecule has 5 nitrogen and oxygen atoms in total. The van der Waals surface area contributed by atoms with Crippen molar-refractivity contribution in [2.45, 2.75) is 23.2 Å². The molecule has 3 rings (SSSR count). The number of nitrogens with zero attached hydrogens (tertiary/aromatic N) is 2. The summed E-state index contributed by atoms with van der Waals surface area (Å²) in [6.45, 7) is 3.81. The number of rotatable bonds is 6. The van der Waals surface area contributed by atoms with Crippen LogP contribution in [-0.4, -0.2) is 55.8 Å². The Morgan fingerprint density at radius 3 is 2.52 bits per heavy atom. The number of aliphatic hydroxyl groups excluding tert-OH is 1. The second-order valence-corrected chi connectivity index (χ2v) is 7.93. The topological polar surface area (TPSA) is 53.0 Å². The normalized spacial score (nSPS) is 19.7. The molecule has 0 fully saturated rings. The highest BCUT2D eigenvalue weighted by Gasteiger charge is 2.37. The zero-order chi connectivity index (χ0) is 19.4. The van der Waals surface area contributed by atoms with Crippen LogP contribution in [-0.2, 0) is 4.79 Å². The van der Waals surface area contributed by atoms with Gasteiger partial charge in [-0.1, -0.05) is 24.3 Å². The fourth-order valence-electron chi connectivity index (χ4n) is 3.09. The van der Waals surface area contributed by atoms with Crippen molar-refractivity contribution in [1.29, 1.82) is 0 Å². The van der Waals surface area contributed by atoms with Crippen LogP contribution in [0.4, 0.5) is 5.69 Å². The number of anilines is 1. The molecule has 0 aromatic heterocycles. The van der Waals surface area contributed by atoms with Crippen molar-refractivity contribution < 1.29 is 14.6 Å². The van der Waals surface area contributed by atoms with Gasteiger partial charge < -0.3 is 19.6 Å². The van der Waals surface area contributed by atoms with Gasteiger partial charge >= 0.3 is 0 Å². The Hall–Kier alpha value is -2.02. The van der Waals surface area contributed by atoms with E-state index in [9.17, 15) is 9.90 Å². The summed E-state index contributed by atoms with van der Waals surface area (Å²) in [6.07, 6.45) is -1.11.